The zero-order chi connectivity index (χ0) is 11.7. The summed E-state index contributed by atoms with van der Waals surface area (Å²) in [4.78, 5) is 0. The second-order valence-electron chi connectivity index (χ2n) is 3.34. The van der Waals surface area contributed by atoms with Gasteiger partial charge in [-0.25, -0.2) is 4.39 Å². The van der Waals surface area contributed by atoms with E-state index in [0.29, 0.717) is 11.5 Å². The summed E-state index contributed by atoms with van der Waals surface area (Å²) in [7, 11) is 0. The summed E-state index contributed by atoms with van der Waals surface area (Å²) in [6.45, 7) is 1.47. The van der Waals surface area contributed by atoms with Gasteiger partial charge in [0.1, 0.15) is 12.4 Å². The average molecular weight is 239 g/mol. The van der Waals surface area contributed by atoms with Crippen LogP contribution in [0.15, 0.2) is 18.2 Å². The van der Waals surface area contributed by atoms with Gasteiger partial charge in [0.05, 0.1) is 5.69 Å². The molecule has 2 rings (SSSR count). The van der Waals surface area contributed by atoms with Crippen molar-refractivity contribution in [1.29, 1.82) is 0 Å². The van der Waals surface area contributed by atoms with Gasteiger partial charge in [-0.05, 0) is 30.8 Å². The van der Waals surface area contributed by atoms with Gasteiger partial charge in [-0.15, -0.1) is 0 Å². The predicted octanol–water partition coefficient (Wildman–Crippen LogP) is 1.87. The summed E-state index contributed by atoms with van der Waals surface area (Å²) in [6, 6.07) is 4.74. The van der Waals surface area contributed by atoms with Crippen LogP contribution in [0.1, 0.15) is 11.4 Å². The molecule has 1 heterocycles. The number of rotatable bonds is 2. The lowest BCUT2D eigenvalue weighted by atomic mass is 10.2. The molecule has 0 unspecified atom stereocenters. The Hall–Kier alpha value is -1.53. The normalized spacial score (nSPS) is 10.7. The maximum absolute atomic E-state index is 13.7. The topological polar surface area (TPSA) is 53.8 Å². The molecule has 0 spiro atoms. The molecule has 16 heavy (non-hydrogen) atoms. The molecule has 0 radical (unpaired) electrons. The number of hydrogen-bond donors (Lipinski definition) is 2. The number of H-pyrrole nitrogens is 1. The molecule has 6 heteroatoms. The Morgan fingerprint density at radius 1 is 1.56 bits per heavy atom. The van der Waals surface area contributed by atoms with E-state index in [1.54, 1.807) is 19.1 Å². The summed E-state index contributed by atoms with van der Waals surface area (Å²) in [5.74, 6) is -0.106. The van der Waals surface area contributed by atoms with Crippen LogP contribution in [0.5, 0.6) is 0 Å². The Balaban J connectivity index is 2.76. The van der Waals surface area contributed by atoms with Crippen molar-refractivity contribution in [3.05, 3.63) is 40.2 Å². The van der Waals surface area contributed by atoms with Crippen LogP contribution in [0.25, 0.3) is 5.69 Å². The van der Waals surface area contributed by atoms with Gasteiger partial charge in [0, 0.05) is 0 Å². The van der Waals surface area contributed by atoms with Gasteiger partial charge in [0.25, 0.3) is 0 Å². The molecule has 0 aliphatic carbocycles. The van der Waals surface area contributed by atoms with Crippen LogP contribution in [0.2, 0.25) is 0 Å². The maximum Gasteiger partial charge on any atom is 0.200 e. The molecule has 1 aromatic carbocycles. The number of halogens is 1. The first kappa shape index (κ1) is 11.0. The number of aromatic nitrogens is 3. The third-order valence-corrected chi connectivity index (χ3v) is 2.57. The average Bonchev–Trinajstić information content (AvgIpc) is 2.60. The first-order valence-electron chi connectivity index (χ1n) is 4.67. The number of para-hydroxylation sites is 1. The summed E-state index contributed by atoms with van der Waals surface area (Å²) in [5.41, 5.74) is 1.05. The van der Waals surface area contributed by atoms with E-state index in [1.807, 2.05) is 0 Å². The van der Waals surface area contributed by atoms with Crippen molar-refractivity contribution in [2.45, 2.75) is 13.5 Å². The van der Waals surface area contributed by atoms with Crippen LogP contribution in [0.3, 0.4) is 0 Å². The minimum atomic E-state index is -0.396. The summed E-state index contributed by atoms with van der Waals surface area (Å²) >= 11 is 5.01. The lowest BCUT2D eigenvalue weighted by Gasteiger charge is -2.09. The highest BCUT2D eigenvalue weighted by Crippen LogP contribution is 2.19. The van der Waals surface area contributed by atoms with Gasteiger partial charge in [0.2, 0.25) is 0 Å². The number of aliphatic hydroxyl groups excluding tert-OH is 1. The van der Waals surface area contributed by atoms with Gasteiger partial charge < -0.3 is 5.11 Å². The fourth-order valence-corrected chi connectivity index (χ4v) is 1.81. The molecule has 0 amide bonds. The minimum Gasteiger partial charge on any atom is -0.388 e. The molecule has 1 aromatic heterocycles. The van der Waals surface area contributed by atoms with Crippen molar-refractivity contribution in [3.8, 4) is 5.69 Å². The Bertz CT molecular complexity index is 555. The van der Waals surface area contributed by atoms with Gasteiger partial charge >= 0.3 is 0 Å². The first-order chi connectivity index (χ1) is 7.65. The summed E-state index contributed by atoms with van der Waals surface area (Å²) in [5, 5.41) is 15.5. The molecule has 0 bridgehead atoms. The van der Waals surface area contributed by atoms with Crippen molar-refractivity contribution >= 4 is 12.2 Å². The van der Waals surface area contributed by atoms with E-state index >= 15 is 0 Å². The maximum atomic E-state index is 13.7. The number of nitrogens with zero attached hydrogens (tertiary/aromatic N) is 2. The van der Waals surface area contributed by atoms with Crippen molar-refractivity contribution < 1.29 is 9.50 Å². The molecular formula is C10H10FN3OS. The van der Waals surface area contributed by atoms with Gasteiger partial charge in [-0.2, -0.15) is 5.10 Å². The predicted molar refractivity (Wildman–Crippen MR) is 59.4 cm³/mol. The van der Waals surface area contributed by atoms with E-state index in [2.05, 4.69) is 10.2 Å². The highest BCUT2D eigenvalue weighted by Gasteiger charge is 2.13. The highest BCUT2D eigenvalue weighted by molar-refractivity contribution is 7.71. The minimum absolute atomic E-state index is 0.261. The number of aliphatic hydroxyl groups is 1. The van der Waals surface area contributed by atoms with E-state index in [4.69, 9.17) is 17.3 Å². The Labute approximate surface area is 96.4 Å². The van der Waals surface area contributed by atoms with Crippen LogP contribution < -0.4 is 0 Å². The monoisotopic (exact) mass is 239 g/mol. The second-order valence-corrected chi connectivity index (χ2v) is 3.73. The largest absolute Gasteiger partial charge is 0.388 e. The number of hydrogen-bond acceptors (Lipinski definition) is 3. The molecule has 0 fully saturated rings. The van der Waals surface area contributed by atoms with Gasteiger partial charge in [-0.3, -0.25) is 9.67 Å². The highest BCUT2D eigenvalue weighted by atomic mass is 32.1. The van der Waals surface area contributed by atoms with E-state index < -0.39 is 5.82 Å². The standard InChI is InChI=1S/C10H10FN3OS/c1-6-3-2-4-7(11)9(6)14-8(5-15)12-13-10(14)16/h2-4,15H,5H2,1H3,(H,13,16). The quantitative estimate of drug-likeness (QED) is 0.787. The fraction of sp³-hybridized carbons (Fsp3) is 0.200. The molecular weight excluding hydrogens is 229 g/mol. The third kappa shape index (κ3) is 1.66. The second kappa shape index (κ2) is 4.15. The van der Waals surface area contributed by atoms with Gasteiger partial charge in [0.15, 0.2) is 10.6 Å². The Morgan fingerprint density at radius 2 is 2.31 bits per heavy atom. The number of aromatic amines is 1. The van der Waals surface area contributed by atoms with Crippen molar-refractivity contribution in [3.63, 3.8) is 0 Å². The van der Waals surface area contributed by atoms with E-state index in [9.17, 15) is 4.39 Å². The summed E-state index contributed by atoms with van der Waals surface area (Å²) in [6.07, 6.45) is 0. The van der Waals surface area contributed by atoms with Gasteiger partial charge in [-0.1, -0.05) is 12.1 Å². The number of aryl methyl sites for hydroxylation is 1. The van der Waals surface area contributed by atoms with Crippen molar-refractivity contribution in [2.75, 3.05) is 0 Å². The van der Waals surface area contributed by atoms with Crippen molar-refractivity contribution in [1.82, 2.24) is 14.8 Å². The zero-order valence-corrected chi connectivity index (χ0v) is 9.38. The number of nitrogens with one attached hydrogen (secondary N) is 1. The fourth-order valence-electron chi connectivity index (χ4n) is 1.57. The molecule has 0 saturated heterocycles. The smallest absolute Gasteiger partial charge is 0.200 e. The van der Waals surface area contributed by atoms with Crippen LogP contribution in [-0.4, -0.2) is 19.9 Å². The molecule has 2 aromatic rings. The molecule has 4 nitrogen and oxygen atoms in total. The van der Waals surface area contributed by atoms with E-state index in [0.717, 1.165) is 5.56 Å². The molecule has 84 valence electrons. The first-order valence-corrected chi connectivity index (χ1v) is 5.08. The van der Waals surface area contributed by atoms with Crippen LogP contribution in [-0.2, 0) is 6.61 Å². The Morgan fingerprint density at radius 3 is 2.94 bits per heavy atom. The molecule has 0 aliphatic rings. The van der Waals surface area contributed by atoms with Crippen LogP contribution in [0, 0.1) is 17.5 Å². The summed E-state index contributed by atoms with van der Waals surface area (Å²) < 4.78 is 15.4. The zero-order valence-electron chi connectivity index (χ0n) is 8.57. The molecule has 2 N–H and O–H groups in total. The Kier molecular flexibility index (Phi) is 2.84. The number of benzene rings is 1. The molecule has 0 aliphatic heterocycles. The lowest BCUT2D eigenvalue weighted by molar-refractivity contribution is 0.268. The van der Waals surface area contributed by atoms with Crippen molar-refractivity contribution in [2.24, 2.45) is 0 Å². The molecule has 0 atom stereocenters. The third-order valence-electron chi connectivity index (χ3n) is 2.30. The van der Waals surface area contributed by atoms with Crippen LogP contribution >= 0.6 is 12.2 Å². The van der Waals surface area contributed by atoms with E-state index in [-0.39, 0.29) is 11.4 Å². The van der Waals surface area contributed by atoms with Crippen LogP contribution in [0.4, 0.5) is 4.39 Å². The SMILES string of the molecule is Cc1cccc(F)c1-n1c(CO)n[nH]c1=S. The lowest BCUT2D eigenvalue weighted by Crippen LogP contribution is -2.05. The van der Waals surface area contributed by atoms with E-state index in [1.165, 1.54) is 10.6 Å². The molecule has 0 saturated carbocycles.